The van der Waals surface area contributed by atoms with Gasteiger partial charge >= 0.3 is 5.97 Å². The highest BCUT2D eigenvalue weighted by Gasteiger charge is 2.31. The summed E-state index contributed by atoms with van der Waals surface area (Å²) in [5, 5.41) is 8.51. The van der Waals surface area contributed by atoms with Crippen molar-refractivity contribution in [3.05, 3.63) is 47.5 Å². The zero-order valence-electron chi connectivity index (χ0n) is 16.8. The minimum Gasteiger partial charge on any atom is -0.462 e. The Hall–Kier alpha value is -2.22. The first kappa shape index (κ1) is 21.5. The number of rotatable bonds is 6. The monoisotopic (exact) mass is 401 g/mol. The summed E-state index contributed by atoms with van der Waals surface area (Å²) in [5.74, 6) is -0.959. The van der Waals surface area contributed by atoms with Gasteiger partial charge in [-0.1, -0.05) is 12.1 Å². The molecular formula is C24H29F2NO2. The van der Waals surface area contributed by atoms with E-state index in [9.17, 15) is 13.6 Å². The fourth-order valence-electron chi connectivity index (χ4n) is 4.70. The van der Waals surface area contributed by atoms with Gasteiger partial charge in [0.05, 0.1) is 12.0 Å². The molecule has 2 fully saturated rings. The molecule has 0 unspecified atom stereocenters. The van der Waals surface area contributed by atoms with E-state index < -0.39 is 11.6 Å². The maximum Gasteiger partial charge on any atom is 0.309 e. The third kappa shape index (κ3) is 6.13. The van der Waals surface area contributed by atoms with E-state index in [-0.39, 0.29) is 23.9 Å². The standard InChI is InChI=1S/C24H29F2NO2/c25-22-14-11-20(16-23(22)26)18-7-9-19(10-8-18)24(28)29-21-12-5-17(6-13-21)4-2-1-3-15-27/h1,3,11,14,16-19,21H,2,4-10,12-13H2/b3-1+. The third-order valence-corrected chi connectivity index (χ3v) is 6.49. The fraction of sp³-hybridized carbons (Fsp3) is 0.583. The summed E-state index contributed by atoms with van der Waals surface area (Å²) in [6, 6.07) is 6.13. The Labute approximate surface area is 171 Å². The van der Waals surface area contributed by atoms with Crippen LogP contribution in [0.2, 0.25) is 0 Å². The summed E-state index contributed by atoms with van der Waals surface area (Å²) in [4.78, 5) is 12.6. The lowest BCUT2D eigenvalue weighted by Gasteiger charge is -2.31. The average Bonchev–Trinajstić information content (AvgIpc) is 2.74. The van der Waals surface area contributed by atoms with Crippen molar-refractivity contribution < 1.29 is 18.3 Å². The van der Waals surface area contributed by atoms with Gasteiger partial charge in [-0.25, -0.2) is 8.78 Å². The van der Waals surface area contributed by atoms with E-state index >= 15 is 0 Å². The van der Waals surface area contributed by atoms with Crippen LogP contribution in [0, 0.1) is 34.8 Å². The zero-order valence-corrected chi connectivity index (χ0v) is 16.8. The minimum absolute atomic E-state index is 0.0253. The summed E-state index contributed by atoms with van der Waals surface area (Å²) >= 11 is 0. The van der Waals surface area contributed by atoms with E-state index in [4.69, 9.17) is 10.00 Å². The molecule has 0 aromatic heterocycles. The topological polar surface area (TPSA) is 50.1 Å². The van der Waals surface area contributed by atoms with Gasteiger partial charge < -0.3 is 4.74 Å². The van der Waals surface area contributed by atoms with Gasteiger partial charge in [0.1, 0.15) is 6.10 Å². The Morgan fingerprint density at radius 1 is 1.07 bits per heavy atom. The van der Waals surface area contributed by atoms with Crippen LogP contribution in [-0.4, -0.2) is 12.1 Å². The Kier molecular flexibility index (Phi) is 7.80. The van der Waals surface area contributed by atoms with Gasteiger partial charge in [0.2, 0.25) is 0 Å². The van der Waals surface area contributed by atoms with Crippen LogP contribution < -0.4 is 0 Å². The van der Waals surface area contributed by atoms with Crippen LogP contribution in [0.1, 0.15) is 75.7 Å². The number of hydrogen-bond acceptors (Lipinski definition) is 3. The van der Waals surface area contributed by atoms with Crippen molar-refractivity contribution >= 4 is 5.97 Å². The number of carbonyl (C=O) groups excluding carboxylic acids is 1. The lowest BCUT2D eigenvalue weighted by molar-refractivity contribution is -0.157. The molecule has 0 saturated heterocycles. The molecule has 2 aliphatic rings. The van der Waals surface area contributed by atoms with Crippen LogP contribution >= 0.6 is 0 Å². The second-order valence-electron chi connectivity index (χ2n) is 8.41. The number of allylic oxidation sites excluding steroid dienone is 2. The summed E-state index contributed by atoms with van der Waals surface area (Å²) in [5.41, 5.74) is 0.818. The zero-order chi connectivity index (χ0) is 20.6. The molecule has 0 atom stereocenters. The Morgan fingerprint density at radius 2 is 1.79 bits per heavy atom. The first-order valence-corrected chi connectivity index (χ1v) is 10.8. The number of nitriles is 1. The fourth-order valence-corrected chi connectivity index (χ4v) is 4.70. The lowest BCUT2D eigenvalue weighted by atomic mass is 9.78. The molecule has 0 heterocycles. The second-order valence-corrected chi connectivity index (χ2v) is 8.41. The summed E-state index contributed by atoms with van der Waals surface area (Å²) in [6.07, 6.45) is 12.6. The number of hydrogen-bond donors (Lipinski definition) is 0. The second kappa shape index (κ2) is 10.5. The predicted octanol–water partition coefficient (Wildman–Crippen LogP) is 6.20. The average molecular weight is 401 g/mol. The number of halogens is 2. The van der Waals surface area contributed by atoms with Crippen LogP contribution in [0.3, 0.4) is 0 Å². The molecular weight excluding hydrogens is 372 g/mol. The maximum atomic E-state index is 13.5. The summed E-state index contributed by atoms with van der Waals surface area (Å²) < 4.78 is 32.4. The van der Waals surface area contributed by atoms with E-state index in [2.05, 4.69) is 0 Å². The van der Waals surface area contributed by atoms with Gasteiger partial charge in [-0.2, -0.15) is 5.26 Å². The molecule has 3 nitrogen and oxygen atoms in total. The minimum atomic E-state index is -0.820. The SMILES string of the molecule is N#C/C=C/CCC1CCC(OC(=O)C2CCC(c3ccc(F)c(F)c3)CC2)CC1. The maximum absolute atomic E-state index is 13.5. The van der Waals surface area contributed by atoms with Crippen molar-refractivity contribution in [2.45, 2.75) is 76.2 Å². The van der Waals surface area contributed by atoms with Crippen molar-refractivity contribution in [2.24, 2.45) is 11.8 Å². The van der Waals surface area contributed by atoms with E-state index in [0.29, 0.717) is 5.92 Å². The summed E-state index contributed by atoms with van der Waals surface area (Å²) in [6.45, 7) is 0. The summed E-state index contributed by atoms with van der Waals surface area (Å²) in [7, 11) is 0. The smallest absolute Gasteiger partial charge is 0.309 e. The normalized spacial score (nSPS) is 27.5. The third-order valence-electron chi connectivity index (χ3n) is 6.49. The van der Waals surface area contributed by atoms with E-state index in [1.165, 1.54) is 18.2 Å². The molecule has 1 aromatic rings. The lowest BCUT2D eigenvalue weighted by Crippen LogP contribution is -2.29. The highest BCUT2D eigenvalue weighted by Crippen LogP contribution is 2.37. The van der Waals surface area contributed by atoms with Crippen molar-refractivity contribution in [2.75, 3.05) is 0 Å². The number of carbonyl (C=O) groups is 1. The van der Waals surface area contributed by atoms with Gasteiger partial charge in [-0.05, 0) is 93.7 Å². The largest absolute Gasteiger partial charge is 0.462 e. The molecule has 156 valence electrons. The highest BCUT2D eigenvalue weighted by atomic mass is 19.2. The van der Waals surface area contributed by atoms with Crippen LogP contribution in [-0.2, 0) is 9.53 Å². The van der Waals surface area contributed by atoms with Gasteiger partial charge in [0.15, 0.2) is 11.6 Å². The van der Waals surface area contributed by atoms with Crippen LogP contribution in [0.4, 0.5) is 8.78 Å². The van der Waals surface area contributed by atoms with E-state index in [1.807, 2.05) is 12.1 Å². The van der Waals surface area contributed by atoms with Gasteiger partial charge in [0, 0.05) is 6.08 Å². The molecule has 1 aromatic carbocycles. The molecule has 0 bridgehead atoms. The predicted molar refractivity (Wildman–Crippen MR) is 107 cm³/mol. The Morgan fingerprint density at radius 3 is 2.45 bits per heavy atom. The molecule has 0 amide bonds. The van der Waals surface area contributed by atoms with Crippen LogP contribution in [0.15, 0.2) is 30.4 Å². The molecule has 2 saturated carbocycles. The number of esters is 1. The molecule has 2 aliphatic carbocycles. The molecule has 0 spiro atoms. The molecule has 29 heavy (non-hydrogen) atoms. The molecule has 0 N–H and O–H groups in total. The highest BCUT2D eigenvalue weighted by molar-refractivity contribution is 5.72. The van der Waals surface area contributed by atoms with Crippen LogP contribution in [0.25, 0.3) is 0 Å². The first-order valence-electron chi connectivity index (χ1n) is 10.8. The van der Waals surface area contributed by atoms with E-state index in [0.717, 1.165) is 69.8 Å². The van der Waals surface area contributed by atoms with Crippen molar-refractivity contribution in [3.8, 4) is 6.07 Å². The number of nitrogens with zero attached hydrogens (tertiary/aromatic N) is 1. The molecule has 5 heteroatoms. The number of ether oxygens (including phenoxy) is 1. The molecule has 0 aliphatic heterocycles. The van der Waals surface area contributed by atoms with Crippen molar-refractivity contribution in [3.63, 3.8) is 0 Å². The Bertz CT molecular complexity index is 755. The molecule has 3 rings (SSSR count). The quantitative estimate of drug-likeness (QED) is 0.421. The van der Waals surface area contributed by atoms with Gasteiger partial charge in [-0.3, -0.25) is 4.79 Å². The van der Waals surface area contributed by atoms with Gasteiger partial charge in [0.25, 0.3) is 0 Å². The van der Waals surface area contributed by atoms with Crippen molar-refractivity contribution in [1.29, 1.82) is 5.26 Å². The number of benzene rings is 1. The van der Waals surface area contributed by atoms with Crippen LogP contribution in [0.5, 0.6) is 0 Å². The van der Waals surface area contributed by atoms with E-state index in [1.54, 1.807) is 6.07 Å². The van der Waals surface area contributed by atoms with Gasteiger partial charge in [-0.15, -0.1) is 0 Å². The Balaban J connectivity index is 1.38. The first-order chi connectivity index (χ1) is 14.1. The molecule has 0 radical (unpaired) electrons. The van der Waals surface area contributed by atoms with Crippen molar-refractivity contribution in [1.82, 2.24) is 0 Å².